The van der Waals surface area contributed by atoms with E-state index in [0.717, 1.165) is 6.07 Å². The van der Waals surface area contributed by atoms with Crippen molar-refractivity contribution in [1.29, 1.82) is 0 Å². The Morgan fingerprint density at radius 1 is 0.960 bits per heavy atom. The second-order valence-corrected chi connectivity index (χ2v) is 6.23. The summed E-state index contributed by atoms with van der Waals surface area (Å²) in [4.78, 5) is 4.37. The summed E-state index contributed by atoms with van der Waals surface area (Å²) in [6.07, 6.45) is -4.48. The van der Waals surface area contributed by atoms with Crippen LogP contribution in [0.1, 0.15) is 25.5 Å². The van der Waals surface area contributed by atoms with E-state index >= 15 is 0 Å². The van der Waals surface area contributed by atoms with Gasteiger partial charge in [0.25, 0.3) is 0 Å². The third kappa shape index (κ3) is 3.39. The van der Waals surface area contributed by atoms with Crippen molar-refractivity contribution in [1.82, 2.24) is 14.8 Å². The molecule has 0 amide bonds. The van der Waals surface area contributed by atoms with Gasteiger partial charge in [0.2, 0.25) is 0 Å². The summed E-state index contributed by atoms with van der Waals surface area (Å²) in [5, 5.41) is 4.84. The second kappa shape index (κ2) is 6.52. The Labute approximate surface area is 148 Å². The molecule has 0 saturated heterocycles. The van der Waals surface area contributed by atoms with Gasteiger partial charge in [0.1, 0.15) is 0 Å². The molecule has 1 aromatic heterocycles. The summed E-state index contributed by atoms with van der Waals surface area (Å²) in [5.41, 5.74) is -0.168. The number of rotatable bonds is 3. The smallest absolute Gasteiger partial charge is 0.243 e. The average Bonchev–Trinajstić information content (AvgIpc) is 3.00. The fourth-order valence-electron chi connectivity index (χ4n) is 2.55. The molecular weight excluding hydrogens is 351 g/mol. The van der Waals surface area contributed by atoms with Crippen LogP contribution in [0.25, 0.3) is 22.8 Å². The maximum atomic E-state index is 13.4. The van der Waals surface area contributed by atoms with Gasteiger partial charge in [-0.3, -0.25) is 0 Å². The molecule has 0 fully saturated rings. The highest BCUT2D eigenvalue weighted by Crippen LogP contribution is 2.38. The number of nitrogens with zero attached hydrogens (tertiary/aromatic N) is 3. The molecule has 0 bridgehead atoms. The van der Waals surface area contributed by atoms with Gasteiger partial charge in [-0.2, -0.15) is 18.3 Å². The predicted octanol–water partition coefficient (Wildman–Crippen LogP) is 5.87. The molecule has 0 aliphatic carbocycles. The lowest BCUT2D eigenvalue weighted by Gasteiger charge is -2.14. The lowest BCUT2D eigenvalue weighted by molar-refractivity contribution is -0.137. The Bertz CT molecular complexity index is 901. The molecule has 3 nitrogen and oxygen atoms in total. The van der Waals surface area contributed by atoms with Crippen LogP contribution in [-0.4, -0.2) is 14.8 Å². The minimum atomic E-state index is -4.48. The van der Waals surface area contributed by atoms with Crippen molar-refractivity contribution >= 4 is 11.6 Å². The first-order chi connectivity index (χ1) is 11.8. The fourth-order valence-corrected chi connectivity index (χ4v) is 2.77. The molecule has 0 atom stereocenters. The van der Waals surface area contributed by atoms with Crippen LogP contribution in [0, 0.1) is 0 Å². The largest absolute Gasteiger partial charge is 0.417 e. The topological polar surface area (TPSA) is 30.7 Å². The molecule has 0 saturated carbocycles. The Balaban J connectivity index is 2.23. The molecule has 0 spiro atoms. The Kier molecular flexibility index (Phi) is 4.56. The number of aromatic nitrogens is 3. The SMILES string of the molecule is CC(C)n1nc(-c2ccccc2Cl)nc1-c1ccccc1C(F)(F)F. The predicted molar refractivity (Wildman–Crippen MR) is 91.3 cm³/mol. The number of hydrogen-bond donors (Lipinski definition) is 0. The molecule has 0 radical (unpaired) electrons. The molecule has 7 heteroatoms. The third-order valence-corrected chi connectivity index (χ3v) is 4.04. The van der Waals surface area contributed by atoms with E-state index in [4.69, 9.17) is 11.6 Å². The molecule has 0 N–H and O–H groups in total. The first-order valence-electron chi connectivity index (χ1n) is 7.67. The van der Waals surface area contributed by atoms with E-state index in [9.17, 15) is 13.2 Å². The van der Waals surface area contributed by atoms with E-state index < -0.39 is 11.7 Å². The molecule has 0 aliphatic rings. The van der Waals surface area contributed by atoms with Crippen LogP contribution < -0.4 is 0 Å². The zero-order valence-electron chi connectivity index (χ0n) is 13.5. The maximum Gasteiger partial charge on any atom is 0.417 e. The molecule has 2 aromatic carbocycles. The Morgan fingerprint density at radius 2 is 1.56 bits per heavy atom. The number of hydrogen-bond acceptors (Lipinski definition) is 2. The minimum Gasteiger partial charge on any atom is -0.243 e. The Hall–Kier alpha value is -2.34. The summed E-state index contributed by atoms with van der Waals surface area (Å²) >= 11 is 6.18. The highest BCUT2D eigenvalue weighted by atomic mass is 35.5. The van der Waals surface area contributed by atoms with Crippen molar-refractivity contribution in [2.75, 3.05) is 0 Å². The van der Waals surface area contributed by atoms with Gasteiger partial charge < -0.3 is 0 Å². The zero-order chi connectivity index (χ0) is 18.2. The van der Waals surface area contributed by atoms with E-state index in [1.807, 2.05) is 13.8 Å². The Morgan fingerprint density at radius 3 is 2.16 bits per heavy atom. The molecule has 0 unspecified atom stereocenters. The molecular formula is C18H15ClF3N3. The minimum absolute atomic E-state index is 0.00509. The van der Waals surface area contributed by atoms with Gasteiger partial charge in [0, 0.05) is 17.2 Å². The third-order valence-electron chi connectivity index (χ3n) is 3.71. The van der Waals surface area contributed by atoms with Crippen molar-refractivity contribution in [2.45, 2.75) is 26.1 Å². The first-order valence-corrected chi connectivity index (χ1v) is 8.05. The van der Waals surface area contributed by atoms with Gasteiger partial charge in [-0.05, 0) is 32.0 Å². The van der Waals surface area contributed by atoms with Gasteiger partial charge in [-0.1, -0.05) is 41.9 Å². The van der Waals surface area contributed by atoms with Crippen molar-refractivity contribution in [2.24, 2.45) is 0 Å². The highest BCUT2D eigenvalue weighted by molar-refractivity contribution is 6.33. The maximum absolute atomic E-state index is 13.4. The molecule has 1 heterocycles. The van der Waals surface area contributed by atoms with Gasteiger partial charge in [-0.15, -0.1) is 0 Å². The summed E-state index contributed by atoms with van der Waals surface area (Å²) in [7, 11) is 0. The number of halogens is 4. The molecule has 3 rings (SSSR count). The van der Waals surface area contributed by atoms with E-state index in [0.29, 0.717) is 16.4 Å². The molecule has 3 aromatic rings. The molecule has 130 valence electrons. The van der Waals surface area contributed by atoms with Crippen LogP contribution in [0.3, 0.4) is 0 Å². The van der Waals surface area contributed by atoms with Crippen LogP contribution in [-0.2, 0) is 6.18 Å². The monoisotopic (exact) mass is 365 g/mol. The quantitative estimate of drug-likeness (QED) is 0.581. The van der Waals surface area contributed by atoms with Crippen LogP contribution in [0.15, 0.2) is 48.5 Å². The normalized spacial score (nSPS) is 12.0. The van der Waals surface area contributed by atoms with Gasteiger partial charge in [0.05, 0.1) is 10.6 Å². The van der Waals surface area contributed by atoms with Crippen LogP contribution in [0.4, 0.5) is 13.2 Å². The van der Waals surface area contributed by atoms with Crippen molar-refractivity contribution in [3.8, 4) is 22.8 Å². The van der Waals surface area contributed by atoms with Crippen LogP contribution >= 0.6 is 11.6 Å². The highest BCUT2D eigenvalue weighted by Gasteiger charge is 2.35. The number of benzene rings is 2. The molecule has 0 aliphatic heterocycles. The van der Waals surface area contributed by atoms with Gasteiger partial charge in [0.15, 0.2) is 11.6 Å². The van der Waals surface area contributed by atoms with Gasteiger partial charge in [-0.25, -0.2) is 9.67 Å². The summed E-state index contributed by atoms with van der Waals surface area (Å²) < 4.78 is 41.6. The fraction of sp³-hybridized carbons (Fsp3) is 0.222. The lowest BCUT2D eigenvalue weighted by Crippen LogP contribution is -2.11. The van der Waals surface area contributed by atoms with E-state index in [1.165, 1.54) is 16.8 Å². The van der Waals surface area contributed by atoms with E-state index in [2.05, 4.69) is 10.1 Å². The van der Waals surface area contributed by atoms with Crippen molar-refractivity contribution < 1.29 is 13.2 Å². The lowest BCUT2D eigenvalue weighted by atomic mass is 10.1. The standard InChI is InChI=1S/C18H15ClF3N3/c1-11(2)25-17(12-7-3-5-9-14(12)18(20,21)22)23-16(24-25)13-8-4-6-10-15(13)19/h3-11H,1-2H3. The summed E-state index contributed by atoms with van der Waals surface area (Å²) in [6, 6.07) is 12.2. The summed E-state index contributed by atoms with van der Waals surface area (Å²) in [5.74, 6) is 0.462. The van der Waals surface area contributed by atoms with Crippen molar-refractivity contribution in [3.63, 3.8) is 0 Å². The molecule has 25 heavy (non-hydrogen) atoms. The summed E-state index contributed by atoms with van der Waals surface area (Å²) in [6.45, 7) is 3.68. The second-order valence-electron chi connectivity index (χ2n) is 5.82. The zero-order valence-corrected chi connectivity index (χ0v) is 14.3. The number of alkyl halides is 3. The average molecular weight is 366 g/mol. The van der Waals surface area contributed by atoms with E-state index in [1.54, 1.807) is 30.3 Å². The van der Waals surface area contributed by atoms with Crippen LogP contribution in [0.2, 0.25) is 5.02 Å². The van der Waals surface area contributed by atoms with Crippen LogP contribution in [0.5, 0.6) is 0 Å². The van der Waals surface area contributed by atoms with Crippen molar-refractivity contribution in [3.05, 3.63) is 59.1 Å². The first kappa shape index (κ1) is 17.5. The van der Waals surface area contributed by atoms with Gasteiger partial charge >= 0.3 is 6.18 Å². The van der Waals surface area contributed by atoms with E-state index in [-0.39, 0.29) is 17.4 Å².